The van der Waals surface area contributed by atoms with Crippen LogP contribution in [0, 0.1) is 5.92 Å². The lowest BCUT2D eigenvalue weighted by molar-refractivity contribution is -0.146. The molecule has 0 N–H and O–H groups in total. The second-order valence-corrected chi connectivity index (χ2v) is 5.30. The smallest absolute Gasteiger partial charge is 0.330 e. The fourth-order valence-corrected chi connectivity index (χ4v) is 2.55. The summed E-state index contributed by atoms with van der Waals surface area (Å²) < 4.78 is 5.49. The van der Waals surface area contributed by atoms with Gasteiger partial charge in [-0.3, -0.25) is 0 Å². The molecule has 0 amide bonds. The van der Waals surface area contributed by atoms with Gasteiger partial charge in [-0.15, -0.1) is 0 Å². The van der Waals surface area contributed by atoms with Crippen LogP contribution in [0.25, 0.3) is 0 Å². The molecule has 0 rings (SSSR count). The highest BCUT2D eigenvalue weighted by Gasteiger charge is 2.21. The van der Waals surface area contributed by atoms with Gasteiger partial charge < -0.3 is 4.74 Å². The van der Waals surface area contributed by atoms with E-state index < -0.39 is 0 Å². The molecule has 0 aliphatic carbocycles. The minimum atomic E-state index is -0.288. The maximum Gasteiger partial charge on any atom is 0.330 e. The highest BCUT2D eigenvalue weighted by atomic mass is 16.5. The first-order valence-electron chi connectivity index (χ1n) is 8.17. The predicted octanol–water partition coefficient (Wildman–Crippen LogP) is 5.44. The summed E-state index contributed by atoms with van der Waals surface area (Å²) in [6.45, 7) is 9.92. The average molecular weight is 280 g/mol. The molecule has 0 bridgehead atoms. The molecule has 0 aromatic rings. The zero-order valence-corrected chi connectivity index (χ0v) is 13.6. The van der Waals surface area contributed by atoms with E-state index in [4.69, 9.17) is 4.74 Å². The third kappa shape index (κ3) is 8.95. The molecule has 2 nitrogen and oxygen atoms in total. The molecule has 0 fully saturated rings. The van der Waals surface area contributed by atoms with Crippen LogP contribution in [-0.4, -0.2) is 12.1 Å². The molecule has 2 heteroatoms. The number of allylic oxidation sites excluding steroid dienone is 2. The Morgan fingerprint density at radius 2 is 1.90 bits per heavy atom. The van der Waals surface area contributed by atoms with Gasteiger partial charge in [0.05, 0.1) is 0 Å². The molecule has 0 saturated heterocycles. The normalized spacial score (nSPS) is 14.2. The quantitative estimate of drug-likeness (QED) is 0.206. The maximum atomic E-state index is 11.4. The van der Waals surface area contributed by atoms with Gasteiger partial charge in [0.15, 0.2) is 0 Å². The first-order valence-corrected chi connectivity index (χ1v) is 8.17. The van der Waals surface area contributed by atoms with Crippen LogP contribution in [0.4, 0.5) is 0 Å². The van der Waals surface area contributed by atoms with Crippen molar-refractivity contribution in [3.63, 3.8) is 0 Å². The molecular weight excluding hydrogens is 248 g/mol. The minimum absolute atomic E-state index is 0.0478. The summed E-state index contributed by atoms with van der Waals surface area (Å²) in [5.74, 6) is 0.202. The Labute approximate surface area is 125 Å². The van der Waals surface area contributed by atoms with E-state index >= 15 is 0 Å². The third-order valence-electron chi connectivity index (χ3n) is 3.62. The van der Waals surface area contributed by atoms with Gasteiger partial charge in [-0.1, -0.05) is 52.3 Å². The van der Waals surface area contributed by atoms with Crippen molar-refractivity contribution in [3.05, 3.63) is 24.8 Å². The minimum Gasteiger partial charge on any atom is -0.459 e. The summed E-state index contributed by atoms with van der Waals surface area (Å²) in [5.41, 5.74) is 0. The molecule has 0 aromatic heterocycles. The number of esters is 1. The topological polar surface area (TPSA) is 26.3 Å². The van der Waals surface area contributed by atoms with Crippen LogP contribution in [0.1, 0.15) is 72.1 Å². The van der Waals surface area contributed by atoms with Crippen molar-refractivity contribution < 1.29 is 9.53 Å². The number of carbonyl (C=O) groups is 1. The van der Waals surface area contributed by atoms with Crippen LogP contribution in [0.15, 0.2) is 24.8 Å². The lowest BCUT2D eigenvalue weighted by Gasteiger charge is -2.25. The van der Waals surface area contributed by atoms with E-state index in [1.54, 1.807) is 0 Å². The van der Waals surface area contributed by atoms with Crippen LogP contribution >= 0.6 is 0 Å². The van der Waals surface area contributed by atoms with E-state index in [0.717, 1.165) is 38.5 Å². The van der Waals surface area contributed by atoms with E-state index in [0.29, 0.717) is 5.92 Å². The van der Waals surface area contributed by atoms with Gasteiger partial charge in [0, 0.05) is 6.08 Å². The number of hydrogen-bond acceptors (Lipinski definition) is 2. The summed E-state index contributed by atoms with van der Waals surface area (Å²) in [6.07, 6.45) is 14.8. The standard InChI is InChI=1S/C18H32O2/c1-5-9-10-11-12-13-15-16(14-6-2)17(7-3)20-18(19)8-4/h8-10,16-17H,4-7,11-15H2,1-3H3. The van der Waals surface area contributed by atoms with Crippen molar-refractivity contribution >= 4 is 5.97 Å². The first-order chi connectivity index (χ1) is 9.69. The fourth-order valence-electron chi connectivity index (χ4n) is 2.55. The number of hydrogen-bond donors (Lipinski definition) is 0. The fraction of sp³-hybridized carbons (Fsp3) is 0.722. The van der Waals surface area contributed by atoms with E-state index in [-0.39, 0.29) is 12.1 Å². The summed E-state index contributed by atoms with van der Waals surface area (Å²) in [7, 11) is 0. The van der Waals surface area contributed by atoms with Crippen molar-refractivity contribution in [1.82, 2.24) is 0 Å². The zero-order valence-electron chi connectivity index (χ0n) is 13.6. The van der Waals surface area contributed by atoms with Crippen LogP contribution in [0.3, 0.4) is 0 Å². The van der Waals surface area contributed by atoms with Crippen molar-refractivity contribution in [3.8, 4) is 0 Å². The Morgan fingerprint density at radius 1 is 1.15 bits per heavy atom. The molecule has 0 aliphatic heterocycles. The number of unbranched alkanes of at least 4 members (excludes halogenated alkanes) is 2. The van der Waals surface area contributed by atoms with Gasteiger partial charge in [0.1, 0.15) is 6.10 Å². The summed E-state index contributed by atoms with van der Waals surface area (Å²) in [6, 6.07) is 0. The molecule has 2 unspecified atom stereocenters. The SMILES string of the molecule is C=CC(=O)OC(CC)C(CCC)CCCCC=CCC. The van der Waals surface area contributed by atoms with Gasteiger partial charge >= 0.3 is 5.97 Å². The predicted molar refractivity (Wildman–Crippen MR) is 86.7 cm³/mol. The molecule has 0 aliphatic rings. The Kier molecular flexibility index (Phi) is 12.3. The van der Waals surface area contributed by atoms with Crippen molar-refractivity contribution in [2.24, 2.45) is 5.92 Å². The van der Waals surface area contributed by atoms with Crippen LogP contribution in [0.2, 0.25) is 0 Å². The lowest BCUT2D eigenvalue weighted by atomic mass is 9.89. The van der Waals surface area contributed by atoms with Gasteiger partial charge in [-0.2, -0.15) is 0 Å². The summed E-state index contributed by atoms with van der Waals surface area (Å²) in [4.78, 5) is 11.4. The van der Waals surface area contributed by atoms with E-state index in [2.05, 4.69) is 39.5 Å². The lowest BCUT2D eigenvalue weighted by Crippen LogP contribution is -2.26. The van der Waals surface area contributed by atoms with Gasteiger partial charge in [0.2, 0.25) is 0 Å². The third-order valence-corrected chi connectivity index (χ3v) is 3.62. The van der Waals surface area contributed by atoms with Gasteiger partial charge in [-0.05, 0) is 44.4 Å². The largest absolute Gasteiger partial charge is 0.459 e. The molecule has 20 heavy (non-hydrogen) atoms. The highest BCUT2D eigenvalue weighted by molar-refractivity contribution is 5.81. The average Bonchev–Trinajstić information content (AvgIpc) is 2.47. The van der Waals surface area contributed by atoms with E-state index in [1.165, 1.54) is 18.9 Å². The molecule has 0 radical (unpaired) electrons. The van der Waals surface area contributed by atoms with Crippen molar-refractivity contribution in [2.45, 2.75) is 78.2 Å². The zero-order chi connectivity index (χ0) is 15.2. The Balaban J connectivity index is 4.19. The Hall–Kier alpha value is -1.05. The van der Waals surface area contributed by atoms with Crippen LogP contribution < -0.4 is 0 Å². The second kappa shape index (κ2) is 13.0. The van der Waals surface area contributed by atoms with Crippen LogP contribution in [0.5, 0.6) is 0 Å². The maximum absolute atomic E-state index is 11.4. The first kappa shape index (κ1) is 18.9. The van der Waals surface area contributed by atoms with E-state index in [1.807, 2.05) is 0 Å². The highest BCUT2D eigenvalue weighted by Crippen LogP contribution is 2.24. The molecule has 0 heterocycles. The van der Waals surface area contributed by atoms with Crippen LogP contribution in [-0.2, 0) is 9.53 Å². The number of ether oxygens (including phenoxy) is 1. The molecule has 2 atom stereocenters. The van der Waals surface area contributed by atoms with Gasteiger partial charge in [-0.25, -0.2) is 4.79 Å². The molecule has 116 valence electrons. The summed E-state index contributed by atoms with van der Waals surface area (Å²) in [5, 5.41) is 0. The van der Waals surface area contributed by atoms with Gasteiger partial charge in [0.25, 0.3) is 0 Å². The summed E-state index contributed by atoms with van der Waals surface area (Å²) >= 11 is 0. The molecule has 0 saturated carbocycles. The number of rotatable bonds is 12. The Morgan fingerprint density at radius 3 is 2.45 bits per heavy atom. The Bertz CT molecular complexity index is 281. The molecule has 0 spiro atoms. The molecule has 0 aromatic carbocycles. The van der Waals surface area contributed by atoms with E-state index in [9.17, 15) is 4.79 Å². The monoisotopic (exact) mass is 280 g/mol. The molecular formula is C18H32O2. The van der Waals surface area contributed by atoms with Crippen molar-refractivity contribution in [2.75, 3.05) is 0 Å². The van der Waals surface area contributed by atoms with Crippen molar-refractivity contribution in [1.29, 1.82) is 0 Å². The number of carbonyl (C=O) groups excluding carboxylic acids is 1. The second-order valence-electron chi connectivity index (χ2n) is 5.30.